The maximum absolute atomic E-state index is 12.1. The van der Waals surface area contributed by atoms with Crippen molar-refractivity contribution < 1.29 is 4.79 Å². The standard InChI is InChI=1S/C12H15N7O/c13-9-2-1-3-14-11(9)18-4-6-19(7-5-18)12(20)10-8-15-17-16-10/h1-3,8H,4-7,13H2,(H,15,16,17). The van der Waals surface area contributed by atoms with Crippen molar-refractivity contribution in [3.05, 3.63) is 30.2 Å². The topological polar surface area (TPSA) is 104 Å². The maximum atomic E-state index is 12.1. The highest BCUT2D eigenvalue weighted by Gasteiger charge is 2.24. The van der Waals surface area contributed by atoms with Gasteiger partial charge in [-0.2, -0.15) is 15.4 Å². The molecule has 0 radical (unpaired) electrons. The molecule has 1 aliphatic rings. The lowest BCUT2D eigenvalue weighted by molar-refractivity contribution is 0.0740. The molecule has 2 aromatic rings. The van der Waals surface area contributed by atoms with E-state index in [-0.39, 0.29) is 5.91 Å². The highest BCUT2D eigenvalue weighted by molar-refractivity contribution is 5.92. The van der Waals surface area contributed by atoms with Crippen LogP contribution in [0.2, 0.25) is 0 Å². The molecule has 20 heavy (non-hydrogen) atoms. The van der Waals surface area contributed by atoms with E-state index in [1.807, 2.05) is 12.1 Å². The Bertz CT molecular complexity index is 590. The van der Waals surface area contributed by atoms with Gasteiger partial charge in [-0.05, 0) is 12.1 Å². The fraction of sp³-hybridized carbons (Fsp3) is 0.333. The summed E-state index contributed by atoms with van der Waals surface area (Å²) >= 11 is 0. The number of hydrogen-bond acceptors (Lipinski definition) is 6. The number of anilines is 2. The third-order valence-corrected chi connectivity index (χ3v) is 3.32. The van der Waals surface area contributed by atoms with E-state index < -0.39 is 0 Å². The number of nitrogens with two attached hydrogens (primary N) is 1. The van der Waals surface area contributed by atoms with E-state index in [9.17, 15) is 4.79 Å². The van der Waals surface area contributed by atoms with Crippen molar-refractivity contribution >= 4 is 17.4 Å². The molecule has 8 nitrogen and oxygen atoms in total. The smallest absolute Gasteiger partial charge is 0.276 e. The van der Waals surface area contributed by atoms with Gasteiger partial charge in [-0.1, -0.05) is 0 Å². The Morgan fingerprint density at radius 3 is 2.75 bits per heavy atom. The SMILES string of the molecule is Nc1cccnc1N1CCN(C(=O)c2cn[nH]n2)CC1. The van der Waals surface area contributed by atoms with Crippen LogP contribution in [0.5, 0.6) is 0 Å². The van der Waals surface area contributed by atoms with Crippen molar-refractivity contribution in [1.29, 1.82) is 0 Å². The number of carbonyl (C=O) groups is 1. The van der Waals surface area contributed by atoms with Crippen LogP contribution in [-0.2, 0) is 0 Å². The number of hydrogen-bond donors (Lipinski definition) is 2. The number of nitrogen functional groups attached to an aromatic ring is 1. The molecule has 3 rings (SSSR count). The molecule has 0 atom stereocenters. The van der Waals surface area contributed by atoms with Crippen LogP contribution in [-0.4, -0.2) is 57.4 Å². The Morgan fingerprint density at radius 1 is 1.30 bits per heavy atom. The summed E-state index contributed by atoms with van der Waals surface area (Å²) in [4.78, 5) is 20.3. The molecule has 2 aromatic heterocycles. The summed E-state index contributed by atoms with van der Waals surface area (Å²) in [6, 6.07) is 3.64. The molecule has 1 aliphatic heterocycles. The first kappa shape index (κ1) is 12.4. The van der Waals surface area contributed by atoms with Crippen LogP contribution >= 0.6 is 0 Å². The number of carbonyl (C=O) groups excluding carboxylic acids is 1. The number of piperazine rings is 1. The quantitative estimate of drug-likeness (QED) is 0.781. The molecule has 0 unspecified atom stereocenters. The largest absolute Gasteiger partial charge is 0.396 e. The highest BCUT2D eigenvalue weighted by atomic mass is 16.2. The third kappa shape index (κ3) is 2.27. The molecular weight excluding hydrogens is 258 g/mol. The van der Waals surface area contributed by atoms with Crippen LogP contribution in [0.25, 0.3) is 0 Å². The number of H-pyrrole nitrogens is 1. The second kappa shape index (κ2) is 5.16. The fourth-order valence-corrected chi connectivity index (χ4v) is 2.26. The maximum Gasteiger partial charge on any atom is 0.276 e. The first-order chi connectivity index (χ1) is 9.75. The van der Waals surface area contributed by atoms with Crippen molar-refractivity contribution in [2.24, 2.45) is 0 Å². The van der Waals surface area contributed by atoms with Gasteiger partial charge in [0.25, 0.3) is 5.91 Å². The van der Waals surface area contributed by atoms with Gasteiger partial charge >= 0.3 is 0 Å². The molecule has 3 N–H and O–H groups in total. The molecular formula is C12H15N7O. The third-order valence-electron chi connectivity index (χ3n) is 3.32. The second-order valence-electron chi connectivity index (χ2n) is 4.55. The van der Waals surface area contributed by atoms with Crippen LogP contribution in [0.4, 0.5) is 11.5 Å². The van der Waals surface area contributed by atoms with Gasteiger partial charge in [-0.25, -0.2) is 4.98 Å². The summed E-state index contributed by atoms with van der Waals surface area (Å²) < 4.78 is 0. The number of aromatic amines is 1. The zero-order valence-corrected chi connectivity index (χ0v) is 10.9. The average molecular weight is 273 g/mol. The van der Waals surface area contributed by atoms with Crippen molar-refractivity contribution in [3.8, 4) is 0 Å². The number of pyridine rings is 1. The Kier molecular flexibility index (Phi) is 3.20. The van der Waals surface area contributed by atoms with Gasteiger partial charge in [0, 0.05) is 32.4 Å². The Balaban J connectivity index is 1.65. The van der Waals surface area contributed by atoms with E-state index >= 15 is 0 Å². The minimum absolute atomic E-state index is 0.104. The zero-order chi connectivity index (χ0) is 13.9. The first-order valence-corrected chi connectivity index (χ1v) is 6.36. The number of aromatic nitrogens is 4. The Morgan fingerprint density at radius 2 is 2.10 bits per heavy atom. The van der Waals surface area contributed by atoms with E-state index in [4.69, 9.17) is 5.73 Å². The molecule has 104 valence electrons. The molecule has 0 saturated carbocycles. The lowest BCUT2D eigenvalue weighted by Crippen LogP contribution is -2.49. The van der Waals surface area contributed by atoms with Crippen molar-refractivity contribution in [1.82, 2.24) is 25.3 Å². The van der Waals surface area contributed by atoms with Crippen molar-refractivity contribution in [3.63, 3.8) is 0 Å². The van der Waals surface area contributed by atoms with Crippen molar-refractivity contribution in [2.75, 3.05) is 36.8 Å². The predicted molar refractivity (Wildman–Crippen MR) is 73.1 cm³/mol. The summed E-state index contributed by atoms with van der Waals surface area (Å²) in [6.45, 7) is 2.62. The van der Waals surface area contributed by atoms with Gasteiger partial charge in [0.05, 0.1) is 11.9 Å². The molecule has 0 aromatic carbocycles. The second-order valence-corrected chi connectivity index (χ2v) is 4.55. The summed E-state index contributed by atoms with van der Waals surface area (Å²) in [6.07, 6.45) is 3.16. The lowest BCUT2D eigenvalue weighted by atomic mass is 10.2. The predicted octanol–water partition coefficient (Wildman–Crippen LogP) is -0.256. The van der Waals surface area contributed by atoms with Gasteiger partial charge in [-0.15, -0.1) is 0 Å². The summed E-state index contributed by atoms with van der Waals surface area (Å²) in [5.74, 6) is 0.674. The minimum Gasteiger partial charge on any atom is -0.396 e. The number of nitrogens with zero attached hydrogens (tertiary/aromatic N) is 5. The van der Waals surface area contributed by atoms with Crippen LogP contribution in [0, 0.1) is 0 Å². The zero-order valence-electron chi connectivity index (χ0n) is 10.9. The molecule has 0 aliphatic carbocycles. The van der Waals surface area contributed by atoms with Crippen LogP contribution in [0.1, 0.15) is 10.5 Å². The fourth-order valence-electron chi connectivity index (χ4n) is 2.26. The average Bonchev–Trinajstić information content (AvgIpc) is 3.01. The molecule has 1 amide bonds. The number of amides is 1. The van der Waals surface area contributed by atoms with E-state index in [1.54, 1.807) is 11.1 Å². The minimum atomic E-state index is -0.104. The van der Waals surface area contributed by atoms with E-state index in [1.165, 1.54) is 6.20 Å². The van der Waals surface area contributed by atoms with E-state index in [2.05, 4.69) is 25.3 Å². The molecule has 8 heteroatoms. The monoisotopic (exact) mass is 273 g/mol. The summed E-state index contributed by atoms with van der Waals surface area (Å²) in [5.41, 5.74) is 6.92. The van der Waals surface area contributed by atoms with Crippen LogP contribution in [0.15, 0.2) is 24.5 Å². The van der Waals surface area contributed by atoms with Gasteiger partial charge < -0.3 is 15.5 Å². The first-order valence-electron chi connectivity index (χ1n) is 6.36. The number of nitrogens with one attached hydrogen (secondary N) is 1. The van der Waals surface area contributed by atoms with E-state index in [0.717, 1.165) is 5.82 Å². The van der Waals surface area contributed by atoms with Gasteiger partial charge in [0.1, 0.15) is 0 Å². The Hall–Kier alpha value is -2.64. The highest BCUT2D eigenvalue weighted by Crippen LogP contribution is 2.20. The Labute approximate surface area is 115 Å². The molecule has 1 fully saturated rings. The normalized spacial score (nSPS) is 15.4. The van der Waals surface area contributed by atoms with Crippen LogP contribution < -0.4 is 10.6 Å². The lowest BCUT2D eigenvalue weighted by Gasteiger charge is -2.35. The molecule has 1 saturated heterocycles. The van der Waals surface area contributed by atoms with Crippen molar-refractivity contribution in [2.45, 2.75) is 0 Å². The molecule has 0 spiro atoms. The summed E-state index contributed by atoms with van der Waals surface area (Å²) in [5, 5.41) is 9.91. The van der Waals surface area contributed by atoms with Gasteiger partial charge in [0.15, 0.2) is 11.5 Å². The van der Waals surface area contributed by atoms with Gasteiger partial charge in [0.2, 0.25) is 0 Å². The molecule has 3 heterocycles. The number of rotatable bonds is 2. The van der Waals surface area contributed by atoms with Gasteiger partial charge in [-0.3, -0.25) is 4.79 Å². The molecule has 0 bridgehead atoms. The summed E-state index contributed by atoms with van der Waals surface area (Å²) in [7, 11) is 0. The van der Waals surface area contributed by atoms with Crippen LogP contribution in [0.3, 0.4) is 0 Å². The van der Waals surface area contributed by atoms with E-state index in [0.29, 0.717) is 37.6 Å².